The van der Waals surface area contributed by atoms with Gasteiger partial charge in [-0.05, 0) is 48.5 Å². The molecule has 0 amide bonds. The molecule has 0 unspecified atom stereocenters. The topological polar surface area (TPSA) is 89.9 Å². The predicted molar refractivity (Wildman–Crippen MR) is 76.4 cm³/mol. The second-order valence-electron chi connectivity index (χ2n) is 4.43. The molecule has 8 heteroatoms. The number of aromatic nitrogens is 5. The van der Waals surface area contributed by atoms with E-state index < -0.39 is 0 Å². The Morgan fingerprint density at radius 2 is 2.00 bits per heavy atom. The standard InChI is InChI=1S/C13H13N5O2S/c1-8-9(2)20-12(14-8)7-21-13-15-16-17-18(13)10-3-5-11(19)6-4-10/h3-6,19H,7H2,1-2H3. The van der Waals surface area contributed by atoms with Gasteiger partial charge in [-0.25, -0.2) is 4.98 Å². The first-order chi connectivity index (χ1) is 10.1. The van der Waals surface area contributed by atoms with Gasteiger partial charge >= 0.3 is 0 Å². The van der Waals surface area contributed by atoms with Gasteiger partial charge in [0.25, 0.3) is 0 Å². The third kappa shape index (κ3) is 2.89. The first-order valence-electron chi connectivity index (χ1n) is 6.27. The lowest BCUT2D eigenvalue weighted by molar-refractivity contribution is 0.475. The number of thioether (sulfide) groups is 1. The Morgan fingerprint density at radius 1 is 1.24 bits per heavy atom. The van der Waals surface area contributed by atoms with Crippen LogP contribution in [0.25, 0.3) is 5.69 Å². The van der Waals surface area contributed by atoms with Crippen molar-refractivity contribution in [1.29, 1.82) is 0 Å². The van der Waals surface area contributed by atoms with Gasteiger partial charge in [-0.15, -0.1) is 5.10 Å². The van der Waals surface area contributed by atoms with E-state index in [2.05, 4.69) is 20.5 Å². The number of phenolic OH excluding ortho intramolecular Hbond substituents is 1. The molecular formula is C13H13N5O2S. The number of nitrogens with zero attached hydrogens (tertiary/aromatic N) is 5. The summed E-state index contributed by atoms with van der Waals surface area (Å²) in [6.07, 6.45) is 0. The molecule has 0 fully saturated rings. The van der Waals surface area contributed by atoms with Gasteiger partial charge in [-0.2, -0.15) is 4.68 Å². The van der Waals surface area contributed by atoms with Crippen LogP contribution in [0.3, 0.4) is 0 Å². The second kappa shape index (κ2) is 5.57. The smallest absolute Gasteiger partial charge is 0.214 e. The number of rotatable bonds is 4. The Balaban J connectivity index is 1.78. The minimum Gasteiger partial charge on any atom is -0.508 e. The highest BCUT2D eigenvalue weighted by molar-refractivity contribution is 7.98. The Hall–Kier alpha value is -2.35. The van der Waals surface area contributed by atoms with E-state index in [9.17, 15) is 5.11 Å². The van der Waals surface area contributed by atoms with E-state index in [1.54, 1.807) is 28.9 Å². The molecule has 3 aromatic rings. The van der Waals surface area contributed by atoms with Crippen LogP contribution in [0.15, 0.2) is 33.8 Å². The lowest BCUT2D eigenvalue weighted by atomic mass is 10.3. The summed E-state index contributed by atoms with van der Waals surface area (Å²) in [7, 11) is 0. The van der Waals surface area contributed by atoms with Crippen molar-refractivity contribution < 1.29 is 9.52 Å². The normalized spacial score (nSPS) is 11.0. The summed E-state index contributed by atoms with van der Waals surface area (Å²) in [4.78, 5) is 4.33. The molecule has 0 aliphatic carbocycles. The zero-order valence-corrected chi connectivity index (χ0v) is 12.3. The average molecular weight is 303 g/mol. The van der Waals surface area contributed by atoms with Gasteiger partial charge in [0.1, 0.15) is 11.5 Å². The van der Waals surface area contributed by atoms with Crippen molar-refractivity contribution in [3.8, 4) is 11.4 Å². The van der Waals surface area contributed by atoms with Crippen LogP contribution in [0.2, 0.25) is 0 Å². The molecule has 0 saturated carbocycles. The number of hydrogen-bond acceptors (Lipinski definition) is 7. The Labute approximate surface area is 125 Å². The van der Waals surface area contributed by atoms with Gasteiger partial charge in [-0.1, -0.05) is 11.8 Å². The highest BCUT2D eigenvalue weighted by Gasteiger charge is 2.12. The number of aromatic hydroxyl groups is 1. The van der Waals surface area contributed by atoms with Crippen LogP contribution in [-0.4, -0.2) is 30.3 Å². The highest BCUT2D eigenvalue weighted by Crippen LogP contribution is 2.23. The fourth-order valence-corrected chi connectivity index (χ4v) is 2.49. The van der Waals surface area contributed by atoms with E-state index in [1.165, 1.54) is 11.8 Å². The number of phenols is 1. The number of tetrazole rings is 1. The van der Waals surface area contributed by atoms with Crippen molar-refractivity contribution >= 4 is 11.8 Å². The maximum Gasteiger partial charge on any atom is 0.214 e. The Bertz CT molecular complexity index is 731. The van der Waals surface area contributed by atoms with Crippen LogP contribution in [-0.2, 0) is 5.75 Å². The van der Waals surface area contributed by atoms with Crippen molar-refractivity contribution in [3.63, 3.8) is 0 Å². The SMILES string of the molecule is Cc1nc(CSc2nnnn2-c2ccc(O)cc2)oc1C. The number of hydrogen-bond donors (Lipinski definition) is 1. The lowest BCUT2D eigenvalue weighted by Gasteiger charge is -2.03. The van der Waals surface area contributed by atoms with Gasteiger partial charge in [0, 0.05) is 0 Å². The molecule has 0 bridgehead atoms. The minimum atomic E-state index is 0.201. The largest absolute Gasteiger partial charge is 0.508 e. The second-order valence-corrected chi connectivity index (χ2v) is 5.37. The third-order valence-electron chi connectivity index (χ3n) is 2.93. The van der Waals surface area contributed by atoms with E-state index in [0.717, 1.165) is 17.1 Å². The first-order valence-corrected chi connectivity index (χ1v) is 7.25. The first kappa shape index (κ1) is 13.6. The van der Waals surface area contributed by atoms with Crippen molar-refractivity contribution in [2.24, 2.45) is 0 Å². The fourth-order valence-electron chi connectivity index (χ4n) is 1.75. The van der Waals surface area contributed by atoms with E-state index >= 15 is 0 Å². The van der Waals surface area contributed by atoms with E-state index in [-0.39, 0.29) is 5.75 Å². The van der Waals surface area contributed by atoms with Gasteiger partial charge in [0.2, 0.25) is 11.0 Å². The van der Waals surface area contributed by atoms with Crippen molar-refractivity contribution in [3.05, 3.63) is 41.6 Å². The molecule has 0 aliphatic rings. The van der Waals surface area contributed by atoms with Gasteiger partial charge in [0.15, 0.2) is 0 Å². The van der Waals surface area contributed by atoms with E-state index in [0.29, 0.717) is 16.8 Å². The molecule has 108 valence electrons. The summed E-state index contributed by atoms with van der Waals surface area (Å²) in [6, 6.07) is 6.67. The Kier molecular flexibility index (Phi) is 3.61. The van der Waals surface area contributed by atoms with E-state index in [4.69, 9.17) is 4.42 Å². The molecule has 0 atom stereocenters. The molecule has 2 heterocycles. The predicted octanol–water partition coefficient (Wildman–Crippen LogP) is 2.27. The maximum atomic E-state index is 9.32. The zero-order valence-electron chi connectivity index (χ0n) is 11.5. The average Bonchev–Trinajstić information content (AvgIpc) is 3.05. The molecule has 2 aromatic heterocycles. The fraction of sp³-hybridized carbons (Fsp3) is 0.231. The number of oxazole rings is 1. The van der Waals surface area contributed by atoms with Crippen LogP contribution in [0.4, 0.5) is 0 Å². The Morgan fingerprint density at radius 3 is 2.67 bits per heavy atom. The lowest BCUT2D eigenvalue weighted by Crippen LogP contribution is -1.98. The van der Waals surface area contributed by atoms with Crippen molar-refractivity contribution in [1.82, 2.24) is 25.2 Å². The molecule has 0 saturated heterocycles. The van der Waals surface area contributed by atoms with Crippen LogP contribution >= 0.6 is 11.8 Å². The van der Waals surface area contributed by atoms with Crippen LogP contribution in [0.5, 0.6) is 5.75 Å². The summed E-state index contributed by atoms with van der Waals surface area (Å²) < 4.78 is 7.13. The quantitative estimate of drug-likeness (QED) is 0.739. The summed E-state index contributed by atoms with van der Waals surface area (Å²) in [6.45, 7) is 3.80. The van der Waals surface area contributed by atoms with Crippen molar-refractivity contribution in [2.75, 3.05) is 0 Å². The third-order valence-corrected chi connectivity index (χ3v) is 3.84. The molecule has 0 radical (unpaired) electrons. The van der Waals surface area contributed by atoms with Crippen LogP contribution in [0, 0.1) is 13.8 Å². The molecule has 1 N–H and O–H groups in total. The van der Waals surface area contributed by atoms with Gasteiger partial charge in [0.05, 0.1) is 17.1 Å². The number of aryl methyl sites for hydroxylation is 2. The minimum absolute atomic E-state index is 0.201. The number of benzene rings is 1. The molecule has 0 spiro atoms. The van der Waals surface area contributed by atoms with Gasteiger partial charge < -0.3 is 9.52 Å². The van der Waals surface area contributed by atoms with E-state index in [1.807, 2.05) is 13.8 Å². The van der Waals surface area contributed by atoms with Gasteiger partial charge in [-0.3, -0.25) is 0 Å². The molecule has 21 heavy (non-hydrogen) atoms. The zero-order chi connectivity index (χ0) is 14.8. The molecule has 7 nitrogen and oxygen atoms in total. The molecule has 0 aliphatic heterocycles. The van der Waals surface area contributed by atoms with Crippen LogP contribution in [0.1, 0.15) is 17.3 Å². The summed E-state index contributed by atoms with van der Waals surface area (Å²) >= 11 is 1.44. The summed E-state index contributed by atoms with van der Waals surface area (Å²) in [5, 5.41) is 21.6. The van der Waals surface area contributed by atoms with Crippen LogP contribution < -0.4 is 0 Å². The highest BCUT2D eigenvalue weighted by atomic mass is 32.2. The monoisotopic (exact) mass is 303 g/mol. The van der Waals surface area contributed by atoms with Crippen molar-refractivity contribution in [2.45, 2.75) is 24.8 Å². The molecular weight excluding hydrogens is 290 g/mol. The molecule has 3 rings (SSSR count). The molecule has 1 aromatic carbocycles. The summed E-state index contributed by atoms with van der Waals surface area (Å²) in [5.74, 6) is 2.22. The summed E-state index contributed by atoms with van der Waals surface area (Å²) in [5.41, 5.74) is 1.67. The maximum absolute atomic E-state index is 9.32.